The van der Waals surface area contributed by atoms with Crippen LogP contribution in [0.4, 0.5) is 0 Å². The molecule has 0 aliphatic rings. The fourth-order valence-corrected chi connectivity index (χ4v) is 1.94. The van der Waals surface area contributed by atoms with E-state index in [9.17, 15) is 4.79 Å². The number of benzene rings is 1. The maximum atomic E-state index is 11.9. The van der Waals surface area contributed by atoms with E-state index in [0.29, 0.717) is 0 Å². The van der Waals surface area contributed by atoms with Crippen LogP contribution in [0.2, 0.25) is 0 Å². The highest BCUT2D eigenvalue weighted by atomic mass is 16.7. The van der Waals surface area contributed by atoms with Crippen LogP contribution < -0.4 is 0 Å². The van der Waals surface area contributed by atoms with E-state index >= 15 is 0 Å². The summed E-state index contributed by atoms with van der Waals surface area (Å²) in [5.74, 6) is -0.101. The summed E-state index contributed by atoms with van der Waals surface area (Å²) in [4.78, 5) is 16.2. The van der Waals surface area contributed by atoms with Crippen LogP contribution in [0.5, 0.6) is 0 Å². The largest absolute Gasteiger partial charge is 0.349 e. The number of methoxy groups -OCH3 is 2. The first-order chi connectivity index (χ1) is 8.76. The minimum Gasteiger partial charge on any atom is -0.349 e. The zero-order chi connectivity index (χ0) is 13.0. The average Bonchev–Trinajstić information content (AvgIpc) is 2.40. The fraction of sp³-hybridized carbons (Fsp3) is 0.286. The van der Waals surface area contributed by atoms with Crippen molar-refractivity contribution in [3.8, 4) is 0 Å². The molecule has 0 unspecified atom stereocenters. The molecule has 0 amide bonds. The van der Waals surface area contributed by atoms with Gasteiger partial charge in [0.2, 0.25) is 6.29 Å². The molecule has 0 bridgehead atoms. The van der Waals surface area contributed by atoms with Crippen molar-refractivity contribution in [3.05, 3.63) is 42.1 Å². The molecule has 0 saturated heterocycles. The van der Waals surface area contributed by atoms with Gasteiger partial charge in [0.15, 0.2) is 5.78 Å². The van der Waals surface area contributed by atoms with Crippen LogP contribution in [-0.2, 0) is 20.7 Å². The first kappa shape index (κ1) is 12.7. The quantitative estimate of drug-likeness (QED) is 0.756. The van der Waals surface area contributed by atoms with Crippen LogP contribution in [0.3, 0.4) is 0 Å². The lowest BCUT2D eigenvalue weighted by Crippen LogP contribution is -2.26. The van der Waals surface area contributed by atoms with E-state index in [4.69, 9.17) is 9.47 Å². The Balaban J connectivity index is 2.29. The highest BCUT2D eigenvalue weighted by Crippen LogP contribution is 2.17. The number of ether oxygens (including phenoxy) is 2. The summed E-state index contributed by atoms with van der Waals surface area (Å²) in [6, 6.07) is 9.59. The van der Waals surface area contributed by atoms with E-state index in [-0.39, 0.29) is 12.2 Å². The first-order valence-corrected chi connectivity index (χ1v) is 5.67. The Bertz CT molecular complexity index is 544. The van der Waals surface area contributed by atoms with Crippen molar-refractivity contribution in [1.82, 2.24) is 4.98 Å². The van der Waals surface area contributed by atoms with Crippen LogP contribution >= 0.6 is 0 Å². The lowest BCUT2D eigenvalue weighted by atomic mass is 10.0. The molecule has 0 atom stereocenters. The first-order valence-electron chi connectivity index (χ1n) is 5.67. The second-order valence-electron chi connectivity index (χ2n) is 3.93. The number of pyridine rings is 1. The van der Waals surface area contributed by atoms with Crippen LogP contribution in [0, 0.1) is 0 Å². The normalized spacial score (nSPS) is 11.1. The van der Waals surface area contributed by atoms with Crippen molar-refractivity contribution in [2.45, 2.75) is 12.7 Å². The van der Waals surface area contributed by atoms with Crippen molar-refractivity contribution in [2.75, 3.05) is 14.2 Å². The van der Waals surface area contributed by atoms with Gasteiger partial charge >= 0.3 is 0 Å². The molecule has 0 radical (unpaired) electrons. The van der Waals surface area contributed by atoms with Gasteiger partial charge < -0.3 is 9.47 Å². The molecule has 4 nitrogen and oxygen atoms in total. The maximum Gasteiger partial charge on any atom is 0.217 e. The predicted octanol–water partition coefficient (Wildman–Crippen LogP) is 1.97. The number of hydrogen-bond donors (Lipinski definition) is 0. The molecule has 1 aromatic heterocycles. The topological polar surface area (TPSA) is 48.4 Å². The highest BCUT2D eigenvalue weighted by molar-refractivity contribution is 5.90. The summed E-state index contributed by atoms with van der Waals surface area (Å²) < 4.78 is 9.92. The van der Waals surface area contributed by atoms with Gasteiger partial charge in [0, 0.05) is 32.2 Å². The Morgan fingerprint density at radius 2 is 1.94 bits per heavy atom. The molecular weight excluding hydrogens is 230 g/mol. The minimum absolute atomic E-state index is 0.101. The molecule has 0 N–H and O–H groups in total. The fourth-order valence-electron chi connectivity index (χ4n) is 1.94. The van der Waals surface area contributed by atoms with Crippen LogP contribution in [0.1, 0.15) is 5.56 Å². The zero-order valence-electron chi connectivity index (χ0n) is 10.4. The molecule has 2 rings (SSSR count). The molecular formula is C14H15NO3. The molecule has 2 aromatic rings. The molecule has 18 heavy (non-hydrogen) atoms. The SMILES string of the molecule is COC(OC)C(=O)Cc1ccnc2ccccc12. The van der Waals surface area contributed by atoms with Crippen LogP contribution in [0.25, 0.3) is 10.9 Å². The lowest BCUT2D eigenvalue weighted by Gasteiger charge is -2.12. The monoisotopic (exact) mass is 245 g/mol. The van der Waals surface area contributed by atoms with Crippen molar-refractivity contribution in [3.63, 3.8) is 0 Å². The third-order valence-corrected chi connectivity index (χ3v) is 2.80. The lowest BCUT2D eigenvalue weighted by molar-refractivity contribution is -0.155. The number of rotatable bonds is 5. The second-order valence-corrected chi connectivity index (χ2v) is 3.93. The third-order valence-electron chi connectivity index (χ3n) is 2.80. The van der Waals surface area contributed by atoms with Gasteiger partial charge in [-0.3, -0.25) is 9.78 Å². The second kappa shape index (κ2) is 5.71. The number of Topliss-reactive ketones (excluding diaryl/α,β-unsaturated/α-hetero) is 1. The number of fused-ring (bicyclic) bond motifs is 1. The smallest absolute Gasteiger partial charge is 0.217 e. The standard InChI is InChI=1S/C14H15NO3/c1-17-14(18-2)13(16)9-10-7-8-15-12-6-4-3-5-11(10)12/h3-8,14H,9H2,1-2H3. The van der Waals surface area contributed by atoms with Gasteiger partial charge in [-0.25, -0.2) is 0 Å². The number of nitrogens with zero attached hydrogens (tertiary/aromatic N) is 1. The van der Waals surface area contributed by atoms with Crippen molar-refractivity contribution < 1.29 is 14.3 Å². The number of ketones is 1. The summed E-state index contributed by atoms with van der Waals surface area (Å²) in [6.07, 6.45) is 1.17. The average molecular weight is 245 g/mol. The number of para-hydroxylation sites is 1. The third kappa shape index (κ3) is 2.55. The van der Waals surface area contributed by atoms with Crippen molar-refractivity contribution in [1.29, 1.82) is 0 Å². The maximum absolute atomic E-state index is 11.9. The van der Waals surface area contributed by atoms with E-state index in [1.165, 1.54) is 14.2 Å². The molecule has 0 saturated carbocycles. The van der Waals surface area contributed by atoms with Crippen LogP contribution in [-0.4, -0.2) is 31.3 Å². The van der Waals surface area contributed by atoms with E-state index in [1.807, 2.05) is 30.3 Å². The minimum atomic E-state index is -0.808. The summed E-state index contributed by atoms with van der Waals surface area (Å²) in [5, 5.41) is 0.985. The Morgan fingerprint density at radius 1 is 1.22 bits per heavy atom. The number of aromatic nitrogens is 1. The van der Waals surface area contributed by atoms with Gasteiger partial charge in [0.1, 0.15) is 0 Å². The number of hydrogen-bond acceptors (Lipinski definition) is 4. The summed E-state index contributed by atoms with van der Waals surface area (Å²) >= 11 is 0. The summed E-state index contributed by atoms with van der Waals surface area (Å²) in [7, 11) is 2.91. The van der Waals surface area contributed by atoms with Crippen molar-refractivity contribution >= 4 is 16.7 Å². The summed E-state index contributed by atoms with van der Waals surface area (Å²) in [5.41, 5.74) is 1.82. The molecule has 0 fully saturated rings. The Labute approximate surface area is 106 Å². The summed E-state index contributed by atoms with van der Waals surface area (Å²) in [6.45, 7) is 0. The molecule has 1 aromatic carbocycles. The zero-order valence-corrected chi connectivity index (χ0v) is 10.4. The van der Waals surface area contributed by atoms with Gasteiger partial charge in [-0.2, -0.15) is 0 Å². The van der Waals surface area contributed by atoms with E-state index in [2.05, 4.69) is 4.98 Å². The molecule has 94 valence electrons. The highest BCUT2D eigenvalue weighted by Gasteiger charge is 2.17. The Morgan fingerprint density at radius 3 is 2.67 bits per heavy atom. The van der Waals surface area contributed by atoms with E-state index in [1.54, 1.807) is 6.20 Å². The Hall–Kier alpha value is -1.78. The molecule has 0 aliphatic carbocycles. The predicted molar refractivity (Wildman–Crippen MR) is 68.3 cm³/mol. The van der Waals surface area contributed by atoms with Crippen molar-refractivity contribution in [2.24, 2.45) is 0 Å². The van der Waals surface area contributed by atoms with Gasteiger partial charge in [0.05, 0.1) is 5.52 Å². The number of carbonyl (C=O) groups excluding carboxylic acids is 1. The molecule has 4 heteroatoms. The Kier molecular flexibility index (Phi) is 4.02. The molecule has 1 heterocycles. The van der Waals surface area contributed by atoms with Gasteiger partial charge in [-0.1, -0.05) is 18.2 Å². The van der Waals surface area contributed by atoms with E-state index in [0.717, 1.165) is 16.5 Å². The number of carbonyl (C=O) groups is 1. The van der Waals surface area contributed by atoms with Gasteiger partial charge in [0.25, 0.3) is 0 Å². The van der Waals surface area contributed by atoms with E-state index < -0.39 is 6.29 Å². The molecule has 0 aliphatic heterocycles. The van der Waals surface area contributed by atoms with Crippen LogP contribution in [0.15, 0.2) is 36.5 Å². The molecule has 0 spiro atoms. The van der Waals surface area contributed by atoms with Gasteiger partial charge in [-0.15, -0.1) is 0 Å². The van der Waals surface area contributed by atoms with Gasteiger partial charge in [-0.05, 0) is 17.7 Å².